The number of fused-ring (bicyclic) bond motifs is 1. The average Bonchev–Trinajstić information content (AvgIpc) is 3.56. The second kappa shape index (κ2) is 7.09. The zero-order chi connectivity index (χ0) is 20.1. The van der Waals surface area contributed by atoms with Gasteiger partial charge in [-0.1, -0.05) is 11.8 Å². The molecule has 0 aliphatic carbocycles. The van der Waals surface area contributed by atoms with Crippen molar-refractivity contribution in [2.75, 3.05) is 26.3 Å². The van der Waals surface area contributed by atoms with E-state index in [1.807, 2.05) is 12.1 Å². The molecule has 2 fully saturated rings. The highest BCUT2D eigenvalue weighted by atomic mass is 32.2. The van der Waals surface area contributed by atoms with Gasteiger partial charge in [-0.3, -0.25) is 9.69 Å². The summed E-state index contributed by atoms with van der Waals surface area (Å²) in [5, 5.41) is 4.56. The maximum absolute atomic E-state index is 13.3. The molecule has 0 N–H and O–H groups in total. The van der Waals surface area contributed by atoms with Crippen LogP contribution in [0.3, 0.4) is 0 Å². The number of likely N-dealkylation sites (tertiary alicyclic amines) is 1. The van der Waals surface area contributed by atoms with Gasteiger partial charge in [0.15, 0.2) is 16.7 Å². The van der Waals surface area contributed by atoms with Crippen molar-refractivity contribution in [3.8, 4) is 11.6 Å². The molecule has 3 aliphatic rings. The largest absolute Gasteiger partial charge is 0.468 e. The van der Waals surface area contributed by atoms with Crippen molar-refractivity contribution >= 4 is 17.7 Å². The number of carbonyl (C=O) groups excluding carboxylic acids is 1. The van der Waals surface area contributed by atoms with Gasteiger partial charge in [0.25, 0.3) is 5.91 Å². The number of carbonyl (C=O) groups is 1. The highest BCUT2D eigenvalue weighted by molar-refractivity contribution is 8.00. The van der Waals surface area contributed by atoms with Gasteiger partial charge < -0.3 is 18.3 Å². The summed E-state index contributed by atoms with van der Waals surface area (Å²) < 4.78 is 24.2. The molecule has 2 atom stereocenters. The molecule has 10 heteroatoms. The molecule has 0 radical (unpaired) electrons. The zero-order valence-corrected chi connectivity index (χ0v) is 16.9. The minimum atomic E-state index is -0.469. The van der Waals surface area contributed by atoms with Crippen LogP contribution in [-0.2, 0) is 9.47 Å². The third-order valence-corrected chi connectivity index (χ3v) is 7.08. The Balaban J connectivity index is 1.26. The van der Waals surface area contributed by atoms with Gasteiger partial charge in [-0.25, -0.2) is 0 Å². The Kier molecular flexibility index (Phi) is 4.34. The molecule has 2 saturated heterocycles. The molecule has 0 aromatic carbocycles. The number of piperidine rings is 1. The van der Waals surface area contributed by atoms with E-state index in [4.69, 9.17) is 18.3 Å². The summed E-state index contributed by atoms with van der Waals surface area (Å²) in [6.45, 7) is 2.79. The van der Waals surface area contributed by atoms with E-state index in [0.29, 0.717) is 30.0 Å². The van der Waals surface area contributed by atoms with Crippen LogP contribution >= 0.6 is 11.8 Å². The van der Waals surface area contributed by atoms with Gasteiger partial charge in [-0.15, -0.1) is 5.10 Å². The van der Waals surface area contributed by atoms with Crippen LogP contribution in [0, 0.1) is 0 Å². The maximum atomic E-state index is 13.3. The number of hydrogen-bond acceptors (Lipinski definition) is 9. The van der Waals surface area contributed by atoms with E-state index < -0.39 is 11.0 Å². The van der Waals surface area contributed by atoms with E-state index in [0.717, 1.165) is 31.7 Å². The third-order valence-electron chi connectivity index (χ3n) is 5.89. The summed E-state index contributed by atoms with van der Waals surface area (Å²) in [6.07, 6.45) is 4.74. The molecule has 2 unspecified atom stereocenters. The van der Waals surface area contributed by atoms with Gasteiger partial charge in [0.1, 0.15) is 11.0 Å². The van der Waals surface area contributed by atoms with E-state index in [1.165, 1.54) is 16.4 Å². The topological polar surface area (TPSA) is 95.8 Å². The van der Waals surface area contributed by atoms with Gasteiger partial charge >= 0.3 is 0 Å². The molecule has 1 spiro atoms. The summed E-state index contributed by atoms with van der Waals surface area (Å²) in [4.78, 5) is 20.1. The minimum absolute atomic E-state index is 0.102. The number of rotatable bonds is 4. The van der Waals surface area contributed by atoms with Gasteiger partial charge in [-0.2, -0.15) is 9.67 Å². The molecular formula is C20H20N4O5S. The number of thioether (sulfide) groups is 1. The summed E-state index contributed by atoms with van der Waals surface area (Å²) in [5.74, 6) is 1.16. The summed E-state index contributed by atoms with van der Waals surface area (Å²) in [7, 11) is 0. The monoisotopic (exact) mass is 428 g/mol. The number of ether oxygens (including phenoxy) is 2. The van der Waals surface area contributed by atoms with E-state index in [9.17, 15) is 4.79 Å². The SMILES string of the molecule is O=C1C(C(c2ccco2)N2CCC3(CC2)OCCO3)Sc2nc(-c3ccco3)nn21. The highest BCUT2D eigenvalue weighted by Gasteiger charge is 2.48. The van der Waals surface area contributed by atoms with Crippen LogP contribution in [-0.4, -0.2) is 62.9 Å². The Morgan fingerprint density at radius 3 is 2.53 bits per heavy atom. The Bertz CT molecular complexity index is 1030. The van der Waals surface area contributed by atoms with Crippen LogP contribution in [0.25, 0.3) is 11.6 Å². The standard InChI is InChI=1S/C20H20N4O5S/c25-18-16(30-19-21-17(22-24(18)19)14-4-2-10-27-14)15(13-3-1-9-26-13)23-7-5-20(6-8-23)28-11-12-29-20/h1-4,9-10,15-16H,5-8,11-12H2. The van der Waals surface area contributed by atoms with Gasteiger partial charge in [0, 0.05) is 25.9 Å². The van der Waals surface area contributed by atoms with Crippen LogP contribution in [0.4, 0.5) is 0 Å². The lowest BCUT2D eigenvalue weighted by atomic mass is 9.99. The average molecular weight is 428 g/mol. The maximum Gasteiger partial charge on any atom is 0.265 e. The van der Waals surface area contributed by atoms with Crippen molar-refractivity contribution in [1.29, 1.82) is 0 Å². The summed E-state index contributed by atoms with van der Waals surface area (Å²) in [5.41, 5.74) is 0. The quantitative estimate of drug-likeness (QED) is 0.621. The fraction of sp³-hybridized carbons (Fsp3) is 0.450. The van der Waals surface area contributed by atoms with Gasteiger partial charge in [-0.05, 0) is 24.3 Å². The zero-order valence-electron chi connectivity index (χ0n) is 16.1. The number of furan rings is 2. The fourth-order valence-electron chi connectivity index (χ4n) is 4.42. The van der Waals surface area contributed by atoms with E-state index >= 15 is 0 Å². The molecule has 6 heterocycles. The van der Waals surface area contributed by atoms with E-state index in [-0.39, 0.29) is 11.9 Å². The Morgan fingerprint density at radius 1 is 1.10 bits per heavy atom. The predicted molar refractivity (Wildman–Crippen MR) is 105 cm³/mol. The molecular weight excluding hydrogens is 408 g/mol. The molecule has 6 rings (SSSR count). The first-order chi connectivity index (χ1) is 14.7. The second-order valence-electron chi connectivity index (χ2n) is 7.59. The molecule has 3 aromatic heterocycles. The first-order valence-electron chi connectivity index (χ1n) is 10.00. The molecule has 156 valence electrons. The lowest BCUT2D eigenvalue weighted by Gasteiger charge is -2.41. The van der Waals surface area contributed by atoms with Gasteiger partial charge in [0.05, 0.1) is 31.8 Å². The van der Waals surface area contributed by atoms with Crippen molar-refractivity contribution in [3.63, 3.8) is 0 Å². The van der Waals surface area contributed by atoms with Crippen LogP contribution < -0.4 is 0 Å². The normalized spacial score (nSPS) is 24.5. The molecule has 30 heavy (non-hydrogen) atoms. The lowest BCUT2D eigenvalue weighted by Crippen LogP contribution is -2.49. The molecule has 3 aromatic rings. The van der Waals surface area contributed by atoms with Crippen molar-refractivity contribution in [2.24, 2.45) is 0 Å². The van der Waals surface area contributed by atoms with Crippen LogP contribution in [0.1, 0.15) is 29.4 Å². The third kappa shape index (κ3) is 2.94. The molecule has 3 aliphatic heterocycles. The Morgan fingerprint density at radius 2 is 1.87 bits per heavy atom. The van der Waals surface area contributed by atoms with Crippen LogP contribution in [0.2, 0.25) is 0 Å². The van der Waals surface area contributed by atoms with Gasteiger partial charge in [0.2, 0.25) is 5.82 Å². The molecule has 9 nitrogen and oxygen atoms in total. The molecule has 0 amide bonds. The minimum Gasteiger partial charge on any atom is -0.468 e. The smallest absolute Gasteiger partial charge is 0.265 e. The summed E-state index contributed by atoms with van der Waals surface area (Å²) >= 11 is 1.42. The number of hydrogen-bond donors (Lipinski definition) is 0. The van der Waals surface area contributed by atoms with Crippen LogP contribution in [0.15, 0.2) is 50.8 Å². The second-order valence-corrected chi connectivity index (χ2v) is 8.70. The van der Waals surface area contributed by atoms with Crippen molar-refractivity contribution in [3.05, 3.63) is 42.6 Å². The number of aromatic nitrogens is 3. The van der Waals surface area contributed by atoms with E-state index in [2.05, 4.69) is 15.0 Å². The van der Waals surface area contributed by atoms with Crippen molar-refractivity contribution < 1.29 is 23.1 Å². The first kappa shape index (κ1) is 18.4. The summed E-state index contributed by atoms with van der Waals surface area (Å²) in [6, 6.07) is 7.11. The predicted octanol–water partition coefficient (Wildman–Crippen LogP) is 2.83. The van der Waals surface area contributed by atoms with E-state index in [1.54, 1.807) is 24.7 Å². The molecule has 0 bridgehead atoms. The highest BCUT2D eigenvalue weighted by Crippen LogP contribution is 2.44. The van der Waals surface area contributed by atoms with Crippen LogP contribution in [0.5, 0.6) is 0 Å². The van der Waals surface area contributed by atoms with Crippen molar-refractivity contribution in [1.82, 2.24) is 19.7 Å². The lowest BCUT2D eigenvalue weighted by molar-refractivity contribution is -0.188. The fourth-order valence-corrected chi connectivity index (χ4v) is 5.65. The molecule has 0 saturated carbocycles. The Hall–Kier alpha value is -2.40. The Labute approximate surface area is 176 Å². The first-order valence-corrected chi connectivity index (χ1v) is 10.9. The number of nitrogens with zero attached hydrogens (tertiary/aromatic N) is 4. The van der Waals surface area contributed by atoms with Crippen molar-refractivity contribution in [2.45, 2.75) is 35.1 Å².